The van der Waals surface area contributed by atoms with Crippen LogP contribution in [-0.4, -0.2) is 22.6 Å². The lowest BCUT2D eigenvalue weighted by Crippen LogP contribution is -2.27. The van der Waals surface area contributed by atoms with Gasteiger partial charge in [0.15, 0.2) is 0 Å². The Morgan fingerprint density at radius 2 is 1.86 bits per heavy atom. The molecule has 5 nitrogen and oxygen atoms in total. The van der Waals surface area contributed by atoms with E-state index in [9.17, 15) is 12.8 Å². The number of rotatable bonds is 4. The molecule has 0 atom stereocenters. The fourth-order valence-electron chi connectivity index (χ4n) is 1.88. The minimum atomic E-state index is -3.96. The predicted molar refractivity (Wildman–Crippen MR) is 79.4 cm³/mol. The van der Waals surface area contributed by atoms with Gasteiger partial charge in [0.1, 0.15) is 16.5 Å². The van der Waals surface area contributed by atoms with E-state index in [0.717, 1.165) is 4.31 Å². The predicted octanol–water partition coefficient (Wildman–Crippen LogP) is 2.24. The number of nitrogens with two attached hydrogens (primary N) is 1. The van der Waals surface area contributed by atoms with E-state index in [-0.39, 0.29) is 16.3 Å². The summed E-state index contributed by atoms with van der Waals surface area (Å²) in [6, 6.07) is 9.82. The molecule has 0 heterocycles. The van der Waals surface area contributed by atoms with E-state index < -0.39 is 15.8 Å². The molecule has 2 rings (SSSR count). The van der Waals surface area contributed by atoms with Crippen molar-refractivity contribution in [2.24, 2.45) is 0 Å². The zero-order valence-corrected chi connectivity index (χ0v) is 12.4. The summed E-state index contributed by atoms with van der Waals surface area (Å²) < 4.78 is 44.9. The summed E-state index contributed by atoms with van der Waals surface area (Å²) in [5, 5.41) is 0. The zero-order valence-electron chi connectivity index (χ0n) is 11.6. The second kappa shape index (κ2) is 5.61. The largest absolute Gasteiger partial charge is 0.495 e. The third-order valence-corrected chi connectivity index (χ3v) is 4.83. The minimum absolute atomic E-state index is 0.0450. The second-order valence-corrected chi connectivity index (χ2v) is 6.27. The van der Waals surface area contributed by atoms with Gasteiger partial charge in [-0.05, 0) is 24.3 Å². The van der Waals surface area contributed by atoms with Crippen LogP contribution in [0.15, 0.2) is 47.4 Å². The summed E-state index contributed by atoms with van der Waals surface area (Å²) in [5.41, 5.74) is 5.94. The number of anilines is 2. The number of methoxy groups -OCH3 is 1. The molecular formula is C14H15FN2O3S. The molecule has 0 aliphatic rings. The van der Waals surface area contributed by atoms with Gasteiger partial charge < -0.3 is 10.5 Å². The van der Waals surface area contributed by atoms with Crippen LogP contribution in [0.2, 0.25) is 0 Å². The first kappa shape index (κ1) is 15.1. The van der Waals surface area contributed by atoms with Crippen molar-refractivity contribution in [3.63, 3.8) is 0 Å². The first-order chi connectivity index (χ1) is 9.87. The maximum atomic E-state index is 13.8. The van der Waals surface area contributed by atoms with Crippen LogP contribution in [0.3, 0.4) is 0 Å². The van der Waals surface area contributed by atoms with Crippen LogP contribution < -0.4 is 14.8 Å². The smallest absolute Gasteiger partial charge is 0.267 e. The van der Waals surface area contributed by atoms with Crippen molar-refractivity contribution in [3.05, 3.63) is 48.3 Å². The van der Waals surface area contributed by atoms with Gasteiger partial charge in [0.2, 0.25) is 0 Å². The van der Waals surface area contributed by atoms with E-state index in [0.29, 0.717) is 5.69 Å². The lowest BCUT2D eigenvalue weighted by Gasteiger charge is -2.21. The summed E-state index contributed by atoms with van der Waals surface area (Å²) >= 11 is 0. The molecule has 0 aromatic heterocycles. The second-order valence-electron chi connectivity index (χ2n) is 4.33. The Morgan fingerprint density at radius 1 is 1.19 bits per heavy atom. The Kier molecular flexibility index (Phi) is 4.04. The summed E-state index contributed by atoms with van der Waals surface area (Å²) in [6.45, 7) is 0. The molecule has 0 unspecified atom stereocenters. The first-order valence-electron chi connectivity index (χ1n) is 6.05. The third-order valence-electron chi connectivity index (χ3n) is 3.02. The SMILES string of the molecule is COc1cc(N)ccc1S(=O)(=O)N(C)c1ccccc1F. The summed E-state index contributed by atoms with van der Waals surface area (Å²) in [6.07, 6.45) is 0. The van der Waals surface area contributed by atoms with E-state index in [2.05, 4.69) is 0 Å². The van der Waals surface area contributed by atoms with Crippen LogP contribution in [0.1, 0.15) is 0 Å². The molecule has 0 bridgehead atoms. The van der Waals surface area contributed by atoms with Crippen LogP contribution in [-0.2, 0) is 10.0 Å². The Labute approximate surface area is 122 Å². The minimum Gasteiger partial charge on any atom is -0.495 e. The number of hydrogen-bond donors (Lipinski definition) is 1. The molecular weight excluding hydrogens is 295 g/mol. The van der Waals surface area contributed by atoms with Gasteiger partial charge in [-0.3, -0.25) is 4.31 Å². The maximum Gasteiger partial charge on any atom is 0.267 e. The van der Waals surface area contributed by atoms with Gasteiger partial charge in [0.05, 0.1) is 12.8 Å². The zero-order chi connectivity index (χ0) is 15.6. The van der Waals surface area contributed by atoms with Crippen LogP contribution >= 0.6 is 0 Å². The van der Waals surface area contributed by atoms with Crippen LogP contribution in [0.25, 0.3) is 0 Å². The number of para-hydroxylation sites is 1. The first-order valence-corrected chi connectivity index (χ1v) is 7.49. The lowest BCUT2D eigenvalue weighted by atomic mass is 10.3. The molecule has 2 aromatic carbocycles. The third kappa shape index (κ3) is 2.78. The van der Waals surface area contributed by atoms with Gasteiger partial charge in [0.25, 0.3) is 10.0 Å². The maximum absolute atomic E-state index is 13.8. The Morgan fingerprint density at radius 3 is 2.48 bits per heavy atom. The number of nitrogen functional groups attached to an aromatic ring is 1. The van der Waals surface area contributed by atoms with Crippen molar-refractivity contribution < 1.29 is 17.5 Å². The average molecular weight is 310 g/mol. The molecule has 0 saturated heterocycles. The quantitative estimate of drug-likeness (QED) is 0.879. The summed E-state index contributed by atoms with van der Waals surface area (Å²) in [7, 11) is -1.34. The number of hydrogen-bond acceptors (Lipinski definition) is 4. The highest BCUT2D eigenvalue weighted by atomic mass is 32.2. The Hall–Kier alpha value is -2.28. The molecule has 112 valence electrons. The Balaban J connectivity index is 2.55. The van der Waals surface area contributed by atoms with Crippen molar-refractivity contribution in [2.45, 2.75) is 4.90 Å². The lowest BCUT2D eigenvalue weighted by molar-refractivity contribution is 0.403. The monoisotopic (exact) mass is 310 g/mol. The number of ether oxygens (including phenoxy) is 1. The van der Waals surface area contributed by atoms with Crippen molar-refractivity contribution in [2.75, 3.05) is 24.2 Å². The van der Waals surface area contributed by atoms with Crippen molar-refractivity contribution >= 4 is 21.4 Å². The fraction of sp³-hybridized carbons (Fsp3) is 0.143. The molecule has 0 radical (unpaired) electrons. The van der Waals surface area contributed by atoms with E-state index in [1.54, 1.807) is 6.07 Å². The molecule has 2 aromatic rings. The number of halogens is 1. The summed E-state index contributed by atoms with van der Waals surface area (Å²) in [4.78, 5) is -0.0787. The number of benzene rings is 2. The molecule has 0 aliphatic carbocycles. The van der Waals surface area contributed by atoms with E-state index in [1.165, 1.54) is 50.6 Å². The van der Waals surface area contributed by atoms with Crippen LogP contribution in [0.4, 0.5) is 15.8 Å². The molecule has 0 saturated carbocycles. The summed E-state index contributed by atoms with van der Waals surface area (Å²) in [5.74, 6) is -0.517. The van der Waals surface area contributed by atoms with Gasteiger partial charge in [-0.25, -0.2) is 12.8 Å². The van der Waals surface area contributed by atoms with Gasteiger partial charge in [-0.1, -0.05) is 12.1 Å². The normalized spacial score (nSPS) is 11.2. The van der Waals surface area contributed by atoms with Crippen molar-refractivity contribution in [3.8, 4) is 5.75 Å². The molecule has 0 aliphatic heterocycles. The van der Waals surface area contributed by atoms with E-state index in [1.807, 2.05) is 0 Å². The van der Waals surface area contributed by atoms with Crippen molar-refractivity contribution in [1.82, 2.24) is 0 Å². The molecule has 7 heteroatoms. The van der Waals surface area contributed by atoms with Gasteiger partial charge >= 0.3 is 0 Å². The highest BCUT2D eigenvalue weighted by Gasteiger charge is 2.26. The molecule has 0 spiro atoms. The molecule has 0 fully saturated rings. The fourth-order valence-corrected chi connectivity index (χ4v) is 3.22. The molecule has 2 N–H and O–H groups in total. The Bertz CT molecular complexity index is 763. The van der Waals surface area contributed by atoms with Gasteiger partial charge in [-0.2, -0.15) is 0 Å². The topological polar surface area (TPSA) is 72.6 Å². The molecule has 0 amide bonds. The highest BCUT2D eigenvalue weighted by Crippen LogP contribution is 2.31. The van der Waals surface area contributed by atoms with Crippen LogP contribution in [0.5, 0.6) is 5.75 Å². The van der Waals surface area contributed by atoms with E-state index >= 15 is 0 Å². The highest BCUT2D eigenvalue weighted by molar-refractivity contribution is 7.92. The van der Waals surface area contributed by atoms with Crippen molar-refractivity contribution in [1.29, 1.82) is 0 Å². The van der Waals surface area contributed by atoms with Gasteiger partial charge in [-0.15, -0.1) is 0 Å². The van der Waals surface area contributed by atoms with E-state index in [4.69, 9.17) is 10.5 Å². The van der Waals surface area contributed by atoms with Gasteiger partial charge in [0, 0.05) is 18.8 Å². The number of sulfonamides is 1. The number of nitrogens with zero attached hydrogens (tertiary/aromatic N) is 1. The standard InChI is InChI=1S/C14H15FN2O3S/c1-17(12-6-4-3-5-11(12)15)21(18,19)14-8-7-10(16)9-13(14)20-2/h3-9H,16H2,1-2H3. The average Bonchev–Trinajstić information content (AvgIpc) is 2.46. The van der Waals surface area contributed by atoms with Crippen LogP contribution in [0, 0.1) is 5.82 Å². The molecule has 21 heavy (non-hydrogen) atoms.